The topological polar surface area (TPSA) is 98.7 Å². The fraction of sp³-hybridized carbons (Fsp3) is 0.333. The van der Waals surface area contributed by atoms with E-state index in [1.165, 1.54) is 0 Å². The van der Waals surface area contributed by atoms with E-state index >= 15 is 0 Å². The second-order valence-corrected chi connectivity index (χ2v) is 4.32. The zero-order valence-corrected chi connectivity index (χ0v) is 10.1. The molecule has 0 spiro atoms. The summed E-state index contributed by atoms with van der Waals surface area (Å²) < 4.78 is 5.25. The molecule has 0 aromatic heterocycles. The van der Waals surface area contributed by atoms with Gasteiger partial charge in [-0.2, -0.15) is 0 Å². The molecule has 0 bridgehead atoms. The monoisotopic (exact) mass is 249 g/mol. The number of amides is 2. The Balaban J connectivity index is 2.38. The largest absolute Gasteiger partial charge is 0.482 e. The molecule has 1 aliphatic heterocycles. The third-order valence-corrected chi connectivity index (χ3v) is 2.57. The lowest BCUT2D eigenvalue weighted by Gasteiger charge is -2.28. The van der Waals surface area contributed by atoms with Crippen LogP contribution in [-0.4, -0.2) is 24.5 Å². The summed E-state index contributed by atoms with van der Waals surface area (Å²) in [4.78, 5) is 24.9. The van der Waals surface area contributed by atoms with Gasteiger partial charge in [-0.1, -0.05) is 0 Å². The number of carbonyl (C=O) groups excluding carboxylic acids is 2. The van der Waals surface area contributed by atoms with Gasteiger partial charge in [0.05, 0.1) is 5.69 Å². The Hall–Kier alpha value is -2.08. The van der Waals surface area contributed by atoms with Crippen molar-refractivity contribution in [2.75, 3.05) is 17.2 Å². The summed E-state index contributed by atoms with van der Waals surface area (Å²) in [5.41, 5.74) is 12.1. The van der Waals surface area contributed by atoms with Crippen molar-refractivity contribution in [3.8, 4) is 5.75 Å². The summed E-state index contributed by atoms with van der Waals surface area (Å²) in [5.74, 6) is -0.272. The maximum atomic E-state index is 12.0. The van der Waals surface area contributed by atoms with Crippen LogP contribution in [0, 0.1) is 0 Å². The van der Waals surface area contributed by atoms with Gasteiger partial charge in [0.2, 0.25) is 5.91 Å². The van der Waals surface area contributed by atoms with Gasteiger partial charge in [-0.05, 0) is 25.1 Å². The van der Waals surface area contributed by atoms with Crippen LogP contribution in [-0.2, 0) is 9.59 Å². The number of nitrogens with two attached hydrogens (primary N) is 2. The van der Waals surface area contributed by atoms with Crippen molar-refractivity contribution < 1.29 is 14.3 Å². The molecule has 0 aliphatic carbocycles. The molecule has 18 heavy (non-hydrogen) atoms. The van der Waals surface area contributed by atoms with E-state index in [0.717, 1.165) is 4.90 Å². The van der Waals surface area contributed by atoms with Crippen LogP contribution in [0.4, 0.5) is 11.4 Å². The Labute approximate surface area is 104 Å². The van der Waals surface area contributed by atoms with Crippen molar-refractivity contribution in [3.05, 3.63) is 18.2 Å². The molecule has 6 heteroatoms. The van der Waals surface area contributed by atoms with E-state index in [9.17, 15) is 9.59 Å². The molecule has 0 fully saturated rings. The molecule has 4 N–H and O–H groups in total. The Bertz CT molecular complexity index is 499. The second kappa shape index (κ2) is 4.66. The first-order chi connectivity index (χ1) is 8.49. The molecule has 0 radical (unpaired) electrons. The first-order valence-corrected chi connectivity index (χ1v) is 5.62. The number of nitrogen functional groups attached to an aromatic ring is 1. The minimum absolute atomic E-state index is 0.0972. The number of benzene rings is 1. The minimum atomic E-state index is -0.404. The van der Waals surface area contributed by atoms with Crippen molar-refractivity contribution in [1.29, 1.82) is 0 Å². The van der Waals surface area contributed by atoms with E-state index in [4.69, 9.17) is 16.2 Å². The Morgan fingerprint density at radius 2 is 2.28 bits per heavy atom. The van der Waals surface area contributed by atoms with Crippen molar-refractivity contribution in [1.82, 2.24) is 0 Å². The lowest BCUT2D eigenvalue weighted by molar-refractivity contribution is -0.128. The average Bonchev–Trinajstić information content (AvgIpc) is 2.27. The standard InChI is InChI=1S/C12H15N3O3/c1-7(13)4-11(16)15-9-5-8(14)2-3-10(9)18-6-12(15)17/h2-3,5,7H,4,6,13-14H2,1H3. The molecule has 1 atom stereocenters. The summed E-state index contributed by atoms with van der Waals surface area (Å²) in [7, 11) is 0. The van der Waals surface area contributed by atoms with Gasteiger partial charge in [-0.15, -0.1) is 0 Å². The molecule has 0 saturated carbocycles. The Kier molecular flexibility index (Phi) is 3.20. The van der Waals surface area contributed by atoms with Crippen LogP contribution >= 0.6 is 0 Å². The highest BCUT2D eigenvalue weighted by Gasteiger charge is 2.31. The summed E-state index contributed by atoms with van der Waals surface area (Å²) in [5, 5.41) is 0. The number of nitrogens with zero attached hydrogens (tertiary/aromatic N) is 1. The van der Waals surface area contributed by atoms with Gasteiger partial charge in [0.1, 0.15) is 5.75 Å². The van der Waals surface area contributed by atoms with E-state index in [1.807, 2.05) is 0 Å². The van der Waals surface area contributed by atoms with Gasteiger partial charge in [0.15, 0.2) is 6.61 Å². The summed E-state index contributed by atoms with van der Waals surface area (Å²) >= 11 is 0. The van der Waals surface area contributed by atoms with Crippen molar-refractivity contribution in [2.24, 2.45) is 5.73 Å². The van der Waals surface area contributed by atoms with E-state index in [-0.39, 0.29) is 25.0 Å². The summed E-state index contributed by atoms with van der Waals surface area (Å²) in [6, 6.07) is 4.54. The SMILES string of the molecule is CC(N)CC(=O)N1C(=O)COc2ccc(N)cc21. The van der Waals surface area contributed by atoms with Gasteiger partial charge in [-0.3, -0.25) is 9.59 Å². The lowest BCUT2D eigenvalue weighted by atomic mass is 10.1. The van der Waals surface area contributed by atoms with Gasteiger partial charge < -0.3 is 16.2 Å². The third-order valence-electron chi connectivity index (χ3n) is 2.57. The molecule has 1 aromatic rings. The molecule has 2 rings (SSSR count). The predicted octanol–water partition coefficient (Wildman–Crippen LogP) is 0.258. The first-order valence-electron chi connectivity index (χ1n) is 5.62. The number of hydrogen-bond donors (Lipinski definition) is 2. The number of hydrogen-bond acceptors (Lipinski definition) is 5. The average molecular weight is 249 g/mol. The molecule has 2 amide bonds. The molecule has 1 aliphatic rings. The normalized spacial score (nSPS) is 15.9. The molecule has 0 saturated heterocycles. The van der Waals surface area contributed by atoms with Crippen LogP contribution in [0.3, 0.4) is 0 Å². The van der Waals surface area contributed by atoms with Crippen molar-refractivity contribution in [3.63, 3.8) is 0 Å². The number of anilines is 2. The molecule has 6 nitrogen and oxygen atoms in total. The number of fused-ring (bicyclic) bond motifs is 1. The second-order valence-electron chi connectivity index (χ2n) is 4.32. The van der Waals surface area contributed by atoms with Crippen LogP contribution in [0.2, 0.25) is 0 Å². The van der Waals surface area contributed by atoms with Crippen LogP contribution in [0.1, 0.15) is 13.3 Å². The fourth-order valence-corrected chi connectivity index (χ4v) is 1.81. The van der Waals surface area contributed by atoms with Crippen LogP contribution in [0.15, 0.2) is 18.2 Å². The minimum Gasteiger partial charge on any atom is -0.482 e. The highest BCUT2D eigenvalue weighted by Crippen LogP contribution is 2.34. The number of ether oxygens (including phenoxy) is 1. The molecule has 1 unspecified atom stereocenters. The summed E-state index contributed by atoms with van der Waals surface area (Å²) in [6.45, 7) is 1.56. The van der Waals surface area contributed by atoms with Crippen LogP contribution in [0.25, 0.3) is 0 Å². The molecule has 96 valence electrons. The van der Waals surface area contributed by atoms with Gasteiger partial charge in [0, 0.05) is 18.2 Å². The highest BCUT2D eigenvalue weighted by molar-refractivity contribution is 6.17. The molecule has 1 heterocycles. The fourth-order valence-electron chi connectivity index (χ4n) is 1.81. The maximum Gasteiger partial charge on any atom is 0.271 e. The Morgan fingerprint density at radius 1 is 1.56 bits per heavy atom. The zero-order chi connectivity index (χ0) is 13.3. The zero-order valence-electron chi connectivity index (χ0n) is 10.1. The predicted molar refractivity (Wildman–Crippen MR) is 67.1 cm³/mol. The number of rotatable bonds is 2. The third kappa shape index (κ3) is 2.28. The van der Waals surface area contributed by atoms with E-state index in [2.05, 4.69) is 0 Å². The smallest absolute Gasteiger partial charge is 0.271 e. The van der Waals surface area contributed by atoms with E-state index in [0.29, 0.717) is 17.1 Å². The number of carbonyl (C=O) groups is 2. The van der Waals surface area contributed by atoms with E-state index in [1.54, 1.807) is 25.1 Å². The first kappa shape index (κ1) is 12.4. The van der Waals surface area contributed by atoms with Crippen LogP contribution in [0.5, 0.6) is 5.75 Å². The molecule has 1 aromatic carbocycles. The van der Waals surface area contributed by atoms with Crippen molar-refractivity contribution >= 4 is 23.2 Å². The maximum absolute atomic E-state index is 12.0. The Morgan fingerprint density at radius 3 is 2.94 bits per heavy atom. The van der Waals surface area contributed by atoms with Gasteiger partial charge in [-0.25, -0.2) is 4.90 Å². The van der Waals surface area contributed by atoms with Gasteiger partial charge in [0.25, 0.3) is 5.91 Å². The molecular weight excluding hydrogens is 234 g/mol. The van der Waals surface area contributed by atoms with Crippen LogP contribution < -0.4 is 21.1 Å². The van der Waals surface area contributed by atoms with Gasteiger partial charge >= 0.3 is 0 Å². The quantitative estimate of drug-likeness (QED) is 0.732. The molecular formula is C12H15N3O3. The van der Waals surface area contributed by atoms with E-state index < -0.39 is 5.91 Å². The highest BCUT2D eigenvalue weighted by atomic mass is 16.5. The lowest BCUT2D eigenvalue weighted by Crippen LogP contribution is -2.44. The summed E-state index contributed by atoms with van der Waals surface area (Å²) in [6.07, 6.45) is 0.0972. The van der Waals surface area contributed by atoms with Crippen molar-refractivity contribution in [2.45, 2.75) is 19.4 Å². The number of imide groups is 1.